The quantitative estimate of drug-likeness (QED) is 0.800. The van der Waals surface area contributed by atoms with Crippen molar-refractivity contribution in [3.8, 4) is 0 Å². The summed E-state index contributed by atoms with van der Waals surface area (Å²) < 4.78 is 0. The Bertz CT molecular complexity index is 623. The van der Waals surface area contributed by atoms with Gasteiger partial charge in [0.1, 0.15) is 0 Å². The van der Waals surface area contributed by atoms with Crippen LogP contribution in [-0.2, 0) is 4.79 Å². The van der Waals surface area contributed by atoms with Gasteiger partial charge in [-0.2, -0.15) is 0 Å². The van der Waals surface area contributed by atoms with E-state index in [9.17, 15) is 4.79 Å². The van der Waals surface area contributed by atoms with Gasteiger partial charge in [0.15, 0.2) is 0 Å². The van der Waals surface area contributed by atoms with Gasteiger partial charge < -0.3 is 16.0 Å². The lowest BCUT2D eigenvalue weighted by Gasteiger charge is -2.19. The van der Waals surface area contributed by atoms with Gasteiger partial charge in [-0.1, -0.05) is 0 Å². The average Bonchev–Trinajstić information content (AvgIpc) is 2.51. The number of hydrogen-bond acceptors (Lipinski definition) is 4. The fourth-order valence-electron chi connectivity index (χ4n) is 2.39. The highest BCUT2D eigenvalue weighted by molar-refractivity contribution is 5.98. The predicted molar refractivity (Wildman–Crippen MR) is 87.2 cm³/mol. The number of rotatable bonds is 6. The van der Waals surface area contributed by atoms with Crippen molar-refractivity contribution in [3.63, 3.8) is 0 Å². The van der Waals surface area contributed by atoms with E-state index < -0.39 is 0 Å². The molecule has 0 fully saturated rings. The number of nitrogens with zero attached hydrogens (tertiary/aromatic N) is 2. The minimum atomic E-state index is 0.172. The molecule has 1 aromatic heterocycles. The van der Waals surface area contributed by atoms with E-state index in [0.717, 1.165) is 29.7 Å². The fourth-order valence-corrected chi connectivity index (χ4v) is 2.39. The Hall–Kier alpha value is -2.30. The fraction of sp³-hybridized carbons (Fsp3) is 0.375. The zero-order valence-electron chi connectivity index (χ0n) is 12.6. The molecule has 0 unspecified atom stereocenters. The Morgan fingerprint density at radius 2 is 2.05 bits per heavy atom. The maximum atomic E-state index is 12.0. The predicted octanol–water partition coefficient (Wildman–Crippen LogP) is 2.49. The summed E-state index contributed by atoms with van der Waals surface area (Å²) in [6, 6.07) is 7.63. The third-order valence-corrected chi connectivity index (χ3v) is 3.57. The molecule has 3 N–H and O–H groups in total. The van der Waals surface area contributed by atoms with Crippen molar-refractivity contribution in [1.29, 1.82) is 0 Å². The molecule has 1 amide bonds. The minimum Gasteiger partial charge on any atom is -0.397 e. The molecule has 1 heterocycles. The molecule has 0 aliphatic rings. The highest BCUT2D eigenvalue weighted by Crippen LogP contribution is 2.26. The van der Waals surface area contributed by atoms with Crippen LogP contribution in [0.2, 0.25) is 0 Å². The molecular weight excluding hydrogens is 264 g/mol. The number of aromatic nitrogens is 1. The Morgan fingerprint density at radius 3 is 2.76 bits per heavy atom. The molecule has 5 heteroatoms. The maximum absolute atomic E-state index is 12.0. The number of carbonyl (C=O) groups is 1. The molecule has 0 spiro atoms. The molecule has 0 bridgehead atoms. The van der Waals surface area contributed by atoms with Crippen molar-refractivity contribution >= 4 is 28.2 Å². The number of nitrogens with two attached hydrogens (primary N) is 1. The highest BCUT2D eigenvalue weighted by atomic mass is 16.2. The van der Waals surface area contributed by atoms with Crippen LogP contribution in [0.1, 0.15) is 20.3 Å². The number of pyridine rings is 1. The summed E-state index contributed by atoms with van der Waals surface area (Å²) in [4.78, 5) is 18.1. The largest absolute Gasteiger partial charge is 0.397 e. The van der Waals surface area contributed by atoms with Gasteiger partial charge in [-0.3, -0.25) is 9.78 Å². The van der Waals surface area contributed by atoms with E-state index in [1.54, 1.807) is 6.20 Å². The van der Waals surface area contributed by atoms with Gasteiger partial charge in [0.25, 0.3) is 0 Å². The summed E-state index contributed by atoms with van der Waals surface area (Å²) >= 11 is 0. The Labute approximate surface area is 125 Å². The molecule has 0 aliphatic carbocycles. The van der Waals surface area contributed by atoms with Gasteiger partial charge in [0.05, 0.1) is 11.2 Å². The average molecular weight is 286 g/mol. The van der Waals surface area contributed by atoms with Crippen LogP contribution in [0.5, 0.6) is 0 Å². The Balaban J connectivity index is 2.05. The lowest BCUT2D eigenvalue weighted by molar-refractivity contribution is -0.130. The third kappa shape index (κ3) is 3.42. The molecule has 0 aliphatic heterocycles. The van der Waals surface area contributed by atoms with Crippen molar-refractivity contribution in [2.75, 3.05) is 30.7 Å². The molecule has 21 heavy (non-hydrogen) atoms. The van der Waals surface area contributed by atoms with Crippen LogP contribution in [-0.4, -0.2) is 35.4 Å². The SMILES string of the molecule is CCN(CC)C(=O)CCNc1ccc(N)c2ncccc12. The van der Waals surface area contributed by atoms with Crippen LogP contribution in [0.3, 0.4) is 0 Å². The summed E-state index contributed by atoms with van der Waals surface area (Å²) in [5.74, 6) is 0.172. The van der Waals surface area contributed by atoms with E-state index in [2.05, 4.69) is 10.3 Å². The molecule has 0 atom stereocenters. The molecule has 0 saturated carbocycles. The van der Waals surface area contributed by atoms with E-state index in [4.69, 9.17) is 5.73 Å². The molecule has 2 rings (SSSR count). The Kier molecular flexibility index (Phi) is 4.98. The molecule has 2 aromatic rings. The van der Waals surface area contributed by atoms with Crippen molar-refractivity contribution in [2.24, 2.45) is 0 Å². The van der Waals surface area contributed by atoms with Crippen LogP contribution >= 0.6 is 0 Å². The van der Waals surface area contributed by atoms with Crippen molar-refractivity contribution in [3.05, 3.63) is 30.5 Å². The summed E-state index contributed by atoms with van der Waals surface area (Å²) in [5.41, 5.74) is 8.34. The van der Waals surface area contributed by atoms with Gasteiger partial charge in [0.2, 0.25) is 5.91 Å². The van der Waals surface area contributed by atoms with E-state index in [1.165, 1.54) is 0 Å². The highest BCUT2D eigenvalue weighted by Gasteiger charge is 2.09. The molecule has 112 valence electrons. The zero-order valence-corrected chi connectivity index (χ0v) is 12.6. The van der Waals surface area contributed by atoms with Crippen LogP contribution in [0.15, 0.2) is 30.5 Å². The van der Waals surface area contributed by atoms with Crippen molar-refractivity contribution in [1.82, 2.24) is 9.88 Å². The monoisotopic (exact) mass is 286 g/mol. The second kappa shape index (κ2) is 6.92. The molecular formula is C16H22N4O. The first kappa shape index (κ1) is 15.1. The van der Waals surface area contributed by atoms with Gasteiger partial charge in [-0.25, -0.2) is 0 Å². The lowest BCUT2D eigenvalue weighted by atomic mass is 10.1. The number of hydrogen-bond donors (Lipinski definition) is 2. The van der Waals surface area contributed by atoms with Crippen LogP contribution in [0, 0.1) is 0 Å². The molecule has 0 saturated heterocycles. The standard InChI is InChI=1S/C16H22N4O/c1-3-20(4-2)15(21)9-11-18-14-8-7-13(17)16-12(14)6-5-10-19-16/h5-8,10,18H,3-4,9,11,17H2,1-2H3. The summed E-state index contributed by atoms with van der Waals surface area (Å²) in [5, 5.41) is 4.29. The van der Waals surface area contributed by atoms with Crippen LogP contribution < -0.4 is 11.1 Å². The first-order valence-electron chi connectivity index (χ1n) is 7.32. The molecule has 1 aromatic carbocycles. The van der Waals surface area contributed by atoms with Gasteiger partial charge >= 0.3 is 0 Å². The normalized spacial score (nSPS) is 10.6. The summed E-state index contributed by atoms with van der Waals surface area (Å²) in [6.07, 6.45) is 2.21. The second-order valence-corrected chi connectivity index (χ2v) is 4.84. The van der Waals surface area contributed by atoms with Crippen molar-refractivity contribution < 1.29 is 4.79 Å². The number of benzene rings is 1. The summed E-state index contributed by atoms with van der Waals surface area (Å²) in [7, 11) is 0. The van der Waals surface area contributed by atoms with Crippen LogP contribution in [0.4, 0.5) is 11.4 Å². The van der Waals surface area contributed by atoms with Gasteiger partial charge in [0, 0.05) is 43.3 Å². The number of anilines is 2. The van der Waals surface area contributed by atoms with Crippen molar-refractivity contribution in [2.45, 2.75) is 20.3 Å². The zero-order chi connectivity index (χ0) is 15.2. The van der Waals surface area contributed by atoms with Gasteiger partial charge in [-0.15, -0.1) is 0 Å². The van der Waals surface area contributed by atoms with E-state index in [1.807, 2.05) is 43.0 Å². The summed E-state index contributed by atoms with van der Waals surface area (Å²) in [6.45, 7) is 6.10. The lowest BCUT2D eigenvalue weighted by Crippen LogP contribution is -2.31. The minimum absolute atomic E-state index is 0.172. The first-order valence-corrected chi connectivity index (χ1v) is 7.32. The Morgan fingerprint density at radius 1 is 1.29 bits per heavy atom. The number of nitrogens with one attached hydrogen (secondary N) is 1. The topological polar surface area (TPSA) is 71.2 Å². The first-order chi connectivity index (χ1) is 10.2. The number of fused-ring (bicyclic) bond motifs is 1. The number of amides is 1. The van der Waals surface area contributed by atoms with Gasteiger partial charge in [-0.05, 0) is 38.1 Å². The maximum Gasteiger partial charge on any atom is 0.224 e. The third-order valence-electron chi connectivity index (χ3n) is 3.57. The second-order valence-electron chi connectivity index (χ2n) is 4.84. The van der Waals surface area contributed by atoms with E-state index in [0.29, 0.717) is 18.7 Å². The number of carbonyl (C=O) groups excluding carboxylic acids is 1. The van der Waals surface area contributed by atoms with Crippen LogP contribution in [0.25, 0.3) is 10.9 Å². The van der Waals surface area contributed by atoms with E-state index >= 15 is 0 Å². The smallest absolute Gasteiger partial charge is 0.224 e. The molecule has 0 radical (unpaired) electrons. The number of nitrogen functional groups attached to an aromatic ring is 1. The van der Waals surface area contributed by atoms with E-state index in [-0.39, 0.29) is 5.91 Å². The molecule has 5 nitrogen and oxygen atoms in total.